The van der Waals surface area contributed by atoms with E-state index < -0.39 is 6.10 Å². The van der Waals surface area contributed by atoms with Crippen LogP contribution in [0.1, 0.15) is 31.4 Å². The van der Waals surface area contributed by atoms with Gasteiger partial charge in [0.2, 0.25) is 0 Å². The topological polar surface area (TPSA) is 38.7 Å². The van der Waals surface area contributed by atoms with Crippen molar-refractivity contribution in [2.75, 3.05) is 14.2 Å². The fourth-order valence-electron chi connectivity index (χ4n) is 1.46. The molecule has 0 saturated carbocycles. The molecule has 0 saturated heterocycles. The molecular formula is C12H18O3. The van der Waals surface area contributed by atoms with Gasteiger partial charge in [0.25, 0.3) is 0 Å². The fourth-order valence-corrected chi connectivity index (χ4v) is 1.46. The van der Waals surface area contributed by atoms with Gasteiger partial charge in [0, 0.05) is 6.07 Å². The SMILES string of the molecule is CCC[C@@H](O)c1cc(OC)cc(OC)c1. The molecular weight excluding hydrogens is 192 g/mol. The molecule has 0 amide bonds. The van der Waals surface area contributed by atoms with Crippen LogP contribution in [0, 0.1) is 0 Å². The van der Waals surface area contributed by atoms with Crippen molar-refractivity contribution in [1.29, 1.82) is 0 Å². The second-order valence-corrected chi connectivity index (χ2v) is 3.45. The highest BCUT2D eigenvalue weighted by Crippen LogP contribution is 2.28. The average Bonchev–Trinajstić information content (AvgIpc) is 2.28. The zero-order valence-corrected chi connectivity index (χ0v) is 9.49. The van der Waals surface area contributed by atoms with Crippen LogP contribution in [-0.4, -0.2) is 19.3 Å². The van der Waals surface area contributed by atoms with Crippen LogP contribution in [0.3, 0.4) is 0 Å². The molecule has 0 aromatic heterocycles. The van der Waals surface area contributed by atoms with E-state index in [1.165, 1.54) is 0 Å². The van der Waals surface area contributed by atoms with Crippen molar-refractivity contribution >= 4 is 0 Å². The van der Waals surface area contributed by atoms with Crippen LogP contribution >= 0.6 is 0 Å². The molecule has 15 heavy (non-hydrogen) atoms. The van der Waals surface area contributed by atoms with Crippen molar-refractivity contribution < 1.29 is 14.6 Å². The normalized spacial score (nSPS) is 12.3. The molecule has 1 N–H and O–H groups in total. The van der Waals surface area contributed by atoms with Crippen LogP contribution in [0.2, 0.25) is 0 Å². The minimum Gasteiger partial charge on any atom is -0.497 e. The van der Waals surface area contributed by atoms with E-state index in [9.17, 15) is 5.11 Å². The van der Waals surface area contributed by atoms with E-state index in [1.54, 1.807) is 20.3 Å². The van der Waals surface area contributed by atoms with Crippen molar-refractivity contribution in [3.8, 4) is 11.5 Å². The Morgan fingerprint density at radius 3 is 2.07 bits per heavy atom. The molecule has 84 valence electrons. The Hall–Kier alpha value is -1.22. The van der Waals surface area contributed by atoms with Crippen molar-refractivity contribution in [3.05, 3.63) is 23.8 Å². The van der Waals surface area contributed by atoms with Gasteiger partial charge in [0.15, 0.2) is 0 Å². The summed E-state index contributed by atoms with van der Waals surface area (Å²) >= 11 is 0. The summed E-state index contributed by atoms with van der Waals surface area (Å²) in [4.78, 5) is 0. The Kier molecular flexibility index (Phi) is 4.43. The summed E-state index contributed by atoms with van der Waals surface area (Å²) in [6.07, 6.45) is 1.25. The zero-order valence-electron chi connectivity index (χ0n) is 9.49. The third-order valence-corrected chi connectivity index (χ3v) is 2.32. The lowest BCUT2D eigenvalue weighted by molar-refractivity contribution is 0.165. The van der Waals surface area contributed by atoms with E-state index in [0.717, 1.165) is 18.4 Å². The lowest BCUT2D eigenvalue weighted by atomic mass is 10.0. The Morgan fingerprint density at radius 1 is 1.13 bits per heavy atom. The quantitative estimate of drug-likeness (QED) is 0.811. The predicted molar refractivity (Wildman–Crippen MR) is 59.4 cm³/mol. The highest BCUT2D eigenvalue weighted by atomic mass is 16.5. The van der Waals surface area contributed by atoms with Gasteiger partial charge < -0.3 is 14.6 Å². The molecule has 1 atom stereocenters. The monoisotopic (exact) mass is 210 g/mol. The van der Waals surface area contributed by atoms with Gasteiger partial charge in [-0.15, -0.1) is 0 Å². The van der Waals surface area contributed by atoms with E-state index in [0.29, 0.717) is 11.5 Å². The van der Waals surface area contributed by atoms with Gasteiger partial charge in [0.05, 0.1) is 20.3 Å². The number of aliphatic hydroxyl groups excluding tert-OH is 1. The van der Waals surface area contributed by atoms with Gasteiger partial charge in [-0.05, 0) is 24.1 Å². The largest absolute Gasteiger partial charge is 0.497 e. The van der Waals surface area contributed by atoms with Crippen LogP contribution in [-0.2, 0) is 0 Å². The molecule has 0 aliphatic rings. The summed E-state index contributed by atoms with van der Waals surface area (Å²) in [5.74, 6) is 1.42. The van der Waals surface area contributed by atoms with E-state index in [-0.39, 0.29) is 0 Å². The molecule has 1 rings (SSSR count). The molecule has 0 aliphatic carbocycles. The smallest absolute Gasteiger partial charge is 0.122 e. The summed E-state index contributed by atoms with van der Waals surface area (Å²) in [7, 11) is 3.20. The minimum atomic E-state index is -0.445. The molecule has 0 aliphatic heterocycles. The number of hydrogen-bond donors (Lipinski definition) is 1. The van der Waals surface area contributed by atoms with Gasteiger partial charge in [-0.1, -0.05) is 13.3 Å². The Balaban J connectivity index is 2.95. The molecule has 3 nitrogen and oxygen atoms in total. The van der Waals surface area contributed by atoms with E-state index >= 15 is 0 Å². The van der Waals surface area contributed by atoms with Crippen LogP contribution in [0.5, 0.6) is 11.5 Å². The number of aliphatic hydroxyl groups is 1. The maximum Gasteiger partial charge on any atom is 0.122 e. The first kappa shape index (κ1) is 11.9. The Morgan fingerprint density at radius 2 is 1.67 bits per heavy atom. The molecule has 0 heterocycles. The number of hydrogen-bond acceptors (Lipinski definition) is 3. The van der Waals surface area contributed by atoms with Crippen molar-refractivity contribution in [2.45, 2.75) is 25.9 Å². The maximum absolute atomic E-state index is 9.85. The predicted octanol–water partition coefficient (Wildman–Crippen LogP) is 2.54. The molecule has 0 bridgehead atoms. The number of ether oxygens (including phenoxy) is 2. The standard InChI is InChI=1S/C12H18O3/c1-4-5-12(13)9-6-10(14-2)8-11(7-9)15-3/h6-8,12-13H,4-5H2,1-3H3/t12-/m1/s1. The first-order chi connectivity index (χ1) is 7.21. The van der Waals surface area contributed by atoms with Gasteiger partial charge in [-0.3, -0.25) is 0 Å². The molecule has 1 aromatic rings. The van der Waals surface area contributed by atoms with Crippen molar-refractivity contribution in [2.24, 2.45) is 0 Å². The van der Waals surface area contributed by atoms with Gasteiger partial charge >= 0.3 is 0 Å². The van der Waals surface area contributed by atoms with Crippen LogP contribution in [0.4, 0.5) is 0 Å². The lowest BCUT2D eigenvalue weighted by Gasteiger charge is -2.12. The average molecular weight is 210 g/mol. The number of methoxy groups -OCH3 is 2. The summed E-state index contributed by atoms with van der Waals surface area (Å²) in [5, 5.41) is 9.85. The van der Waals surface area contributed by atoms with Crippen molar-refractivity contribution in [3.63, 3.8) is 0 Å². The van der Waals surface area contributed by atoms with E-state index in [4.69, 9.17) is 9.47 Å². The molecule has 0 spiro atoms. The van der Waals surface area contributed by atoms with E-state index in [1.807, 2.05) is 19.1 Å². The van der Waals surface area contributed by atoms with Gasteiger partial charge in [-0.2, -0.15) is 0 Å². The fraction of sp³-hybridized carbons (Fsp3) is 0.500. The minimum absolute atomic E-state index is 0.445. The zero-order chi connectivity index (χ0) is 11.3. The molecule has 0 fully saturated rings. The van der Waals surface area contributed by atoms with Gasteiger partial charge in [0.1, 0.15) is 11.5 Å². The summed E-state index contributed by atoms with van der Waals surface area (Å²) in [6, 6.07) is 5.47. The third-order valence-electron chi connectivity index (χ3n) is 2.32. The highest BCUT2D eigenvalue weighted by Gasteiger charge is 2.09. The number of rotatable bonds is 5. The highest BCUT2D eigenvalue weighted by molar-refractivity contribution is 5.39. The Labute approximate surface area is 90.6 Å². The lowest BCUT2D eigenvalue weighted by Crippen LogP contribution is -1.98. The van der Waals surface area contributed by atoms with Crippen LogP contribution in [0.25, 0.3) is 0 Å². The maximum atomic E-state index is 9.85. The van der Waals surface area contributed by atoms with E-state index in [2.05, 4.69) is 0 Å². The number of benzene rings is 1. The molecule has 3 heteroatoms. The summed E-state index contributed by atoms with van der Waals surface area (Å²) in [6.45, 7) is 2.04. The second kappa shape index (κ2) is 5.61. The van der Waals surface area contributed by atoms with Crippen LogP contribution in [0.15, 0.2) is 18.2 Å². The summed E-state index contributed by atoms with van der Waals surface area (Å²) in [5.41, 5.74) is 0.841. The first-order valence-electron chi connectivity index (χ1n) is 5.12. The third kappa shape index (κ3) is 3.13. The molecule has 0 unspecified atom stereocenters. The second-order valence-electron chi connectivity index (χ2n) is 3.45. The Bertz CT molecular complexity index is 287. The first-order valence-corrected chi connectivity index (χ1v) is 5.12. The van der Waals surface area contributed by atoms with Crippen LogP contribution < -0.4 is 9.47 Å². The van der Waals surface area contributed by atoms with Gasteiger partial charge in [-0.25, -0.2) is 0 Å². The molecule has 0 radical (unpaired) electrons. The molecule has 1 aromatic carbocycles. The van der Waals surface area contributed by atoms with Crippen molar-refractivity contribution in [1.82, 2.24) is 0 Å². The summed E-state index contributed by atoms with van der Waals surface area (Å²) < 4.78 is 10.3.